The Kier molecular flexibility index (Phi) is 11.7. The molecule has 6 heteroatoms. The van der Waals surface area contributed by atoms with E-state index in [0.717, 1.165) is 45.3 Å². The molecule has 0 spiro atoms. The monoisotopic (exact) mass is 445 g/mol. The Morgan fingerprint density at radius 1 is 0.968 bits per heavy atom. The number of likely N-dealkylation sites (tertiary alicyclic amines) is 1. The molecule has 2 aliphatic rings. The van der Waals surface area contributed by atoms with Gasteiger partial charge >= 0.3 is 6.18 Å². The highest BCUT2D eigenvalue weighted by atomic mass is 19.4. The van der Waals surface area contributed by atoms with Crippen LogP contribution in [0, 0.1) is 11.8 Å². The van der Waals surface area contributed by atoms with Crippen LogP contribution in [0.3, 0.4) is 0 Å². The summed E-state index contributed by atoms with van der Waals surface area (Å²) in [6, 6.07) is 1.28. The third kappa shape index (κ3) is 9.33. The van der Waals surface area contributed by atoms with Crippen molar-refractivity contribution in [2.45, 2.75) is 122 Å². The van der Waals surface area contributed by atoms with E-state index < -0.39 is 12.1 Å². The first-order valence-electron chi connectivity index (χ1n) is 12.8. The molecule has 0 radical (unpaired) electrons. The second-order valence-corrected chi connectivity index (χ2v) is 9.82. The topological polar surface area (TPSA) is 27.3 Å². The Hall–Kier alpha value is -0.750. The molecule has 1 heterocycles. The van der Waals surface area contributed by atoms with Crippen LogP contribution in [-0.4, -0.2) is 42.4 Å². The van der Waals surface area contributed by atoms with E-state index in [1.54, 1.807) is 0 Å². The van der Waals surface area contributed by atoms with E-state index in [2.05, 4.69) is 48.6 Å². The van der Waals surface area contributed by atoms with E-state index in [1.165, 1.54) is 32.1 Å². The summed E-state index contributed by atoms with van der Waals surface area (Å²) in [7, 11) is 0. The number of hydrogen-bond acceptors (Lipinski definition) is 3. The van der Waals surface area contributed by atoms with Gasteiger partial charge in [0.1, 0.15) is 0 Å². The zero-order valence-corrected chi connectivity index (χ0v) is 20.0. The molecule has 0 bridgehead atoms. The standard InChI is InChI=1S/C25H46F3N3/c1-4-6-7-10-23(30-19-29-20(3)9-5-2)16-18-31-17-8-11-24(31)21-12-14-22(15-13-21)25(26,27)28/h16,18,20-24,29-30H,4-15,17,19H2,1-3H3/b18-16+. The normalized spacial score (nSPS) is 27.2. The minimum Gasteiger partial charge on any atom is -0.374 e. The van der Waals surface area contributed by atoms with Crippen LogP contribution in [-0.2, 0) is 0 Å². The molecule has 0 aromatic rings. The molecule has 1 saturated heterocycles. The number of halogens is 3. The Bertz CT molecular complexity index is 501. The lowest BCUT2D eigenvalue weighted by molar-refractivity contribution is -0.184. The summed E-state index contributed by atoms with van der Waals surface area (Å²) in [6.07, 6.45) is 12.1. The number of nitrogens with one attached hydrogen (secondary N) is 2. The van der Waals surface area contributed by atoms with Crippen LogP contribution in [0.15, 0.2) is 12.3 Å². The fraction of sp³-hybridized carbons (Fsp3) is 0.920. The zero-order valence-electron chi connectivity index (χ0n) is 20.0. The van der Waals surface area contributed by atoms with Gasteiger partial charge in [0.15, 0.2) is 0 Å². The maximum Gasteiger partial charge on any atom is 0.391 e. The van der Waals surface area contributed by atoms with E-state index in [1.807, 2.05) is 0 Å². The third-order valence-electron chi connectivity index (χ3n) is 7.29. The summed E-state index contributed by atoms with van der Waals surface area (Å²) in [5, 5.41) is 7.22. The molecule has 1 aliphatic heterocycles. The van der Waals surface area contributed by atoms with Crippen LogP contribution in [0.25, 0.3) is 0 Å². The molecule has 182 valence electrons. The van der Waals surface area contributed by atoms with Crippen molar-refractivity contribution in [2.24, 2.45) is 11.8 Å². The minimum atomic E-state index is -4.01. The average molecular weight is 446 g/mol. The van der Waals surface area contributed by atoms with Gasteiger partial charge in [-0.3, -0.25) is 5.32 Å². The lowest BCUT2D eigenvalue weighted by Gasteiger charge is -2.36. The van der Waals surface area contributed by atoms with Crippen molar-refractivity contribution in [3.63, 3.8) is 0 Å². The largest absolute Gasteiger partial charge is 0.391 e. The van der Waals surface area contributed by atoms with Gasteiger partial charge in [-0.1, -0.05) is 45.6 Å². The Morgan fingerprint density at radius 3 is 2.35 bits per heavy atom. The zero-order chi connectivity index (χ0) is 22.7. The van der Waals surface area contributed by atoms with E-state index in [0.29, 0.717) is 36.9 Å². The molecule has 0 aromatic carbocycles. The van der Waals surface area contributed by atoms with Crippen LogP contribution < -0.4 is 10.6 Å². The van der Waals surface area contributed by atoms with Gasteiger partial charge in [-0.25, -0.2) is 0 Å². The van der Waals surface area contributed by atoms with Gasteiger partial charge in [-0.05, 0) is 70.4 Å². The summed E-state index contributed by atoms with van der Waals surface area (Å²) in [5.41, 5.74) is 0. The van der Waals surface area contributed by atoms with Crippen LogP contribution in [0.2, 0.25) is 0 Å². The first-order valence-corrected chi connectivity index (χ1v) is 12.8. The summed E-state index contributed by atoms with van der Waals surface area (Å²) in [4.78, 5) is 2.43. The van der Waals surface area contributed by atoms with Crippen molar-refractivity contribution < 1.29 is 13.2 Å². The summed E-state index contributed by atoms with van der Waals surface area (Å²) < 4.78 is 39.1. The van der Waals surface area contributed by atoms with Crippen molar-refractivity contribution in [3.05, 3.63) is 12.3 Å². The van der Waals surface area contributed by atoms with Gasteiger partial charge in [-0.2, -0.15) is 13.2 Å². The number of hydrogen-bond donors (Lipinski definition) is 2. The Balaban J connectivity index is 1.86. The molecule has 2 fully saturated rings. The van der Waals surface area contributed by atoms with Crippen molar-refractivity contribution in [1.29, 1.82) is 0 Å². The molecular weight excluding hydrogens is 399 g/mol. The second-order valence-electron chi connectivity index (χ2n) is 9.82. The predicted octanol–water partition coefficient (Wildman–Crippen LogP) is 6.61. The molecular formula is C25H46F3N3. The predicted molar refractivity (Wildman–Crippen MR) is 124 cm³/mol. The Labute approximate surface area is 188 Å². The fourth-order valence-corrected chi connectivity index (χ4v) is 5.33. The summed E-state index contributed by atoms with van der Waals surface area (Å²) >= 11 is 0. The first kappa shape index (κ1) is 26.5. The van der Waals surface area contributed by atoms with Crippen LogP contribution in [0.1, 0.15) is 97.8 Å². The van der Waals surface area contributed by atoms with Crippen molar-refractivity contribution in [2.75, 3.05) is 13.2 Å². The Morgan fingerprint density at radius 2 is 1.71 bits per heavy atom. The highest BCUT2D eigenvalue weighted by Gasteiger charge is 2.43. The van der Waals surface area contributed by atoms with E-state index >= 15 is 0 Å². The number of alkyl halides is 3. The average Bonchev–Trinajstić information content (AvgIpc) is 3.20. The van der Waals surface area contributed by atoms with E-state index in [4.69, 9.17) is 0 Å². The molecule has 0 amide bonds. The van der Waals surface area contributed by atoms with Gasteiger partial charge in [-0.15, -0.1) is 0 Å². The summed E-state index contributed by atoms with van der Waals surface area (Å²) in [6.45, 7) is 8.52. The molecule has 1 saturated carbocycles. The molecule has 1 aliphatic carbocycles. The van der Waals surface area contributed by atoms with Crippen LogP contribution in [0.5, 0.6) is 0 Å². The van der Waals surface area contributed by atoms with E-state index in [9.17, 15) is 13.2 Å². The smallest absolute Gasteiger partial charge is 0.374 e. The van der Waals surface area contributed by atoms with Crippen LogP contribution in [0.4, 0.5) is 13.2 Å². The second kappa shape index (κ2) is 13.7. The van der Waals surface area contributed by atoms with Gasteiger partial charge in [0, 0.05) is 31.3 Å². The van der Waals surface area contributed by atoms with Gasteiger partial charge < -0.3 is 10.2 Å². The molecule has 3 nitrogen and oxygen atoms in total. The molecule has 3 atom stereocenters. The molecule has 0 aromatic heterocycles. The maximum absolute atomic E-state index is 13.0. The van der Waals surface area contributed by atoms with Gasteiger partial charge in [0.2, 0.25) is 0 Å². The van der Waals surface area contributed by atoms with Crippen LogP contribution >= 0.6 is 0 Å². The quantitative estimate of drug-likeness (QED) is 0.247. The lowest BCUT2D eigenvalue weighted by Crippen LogP contribution is -2.40. The van der Waals surface area contributed by atoms with Gasteiger partial charge in [0.05, 0.1) is 5.92 Å². The van der Waals surface area contributed by atoms with Gasteiger partial charge in [0.25, 0.3) is 0 Å². The first-order chi connectivity index (χ1) is 14.8. The fourth-order valence-electron chi connectivity index (χ4n) is 5.33. The number of rotatable bonds is 13. The number of unbranched alkanes of at least 4 members (excludes halogenated alkanes) is 2. The minimum absolute atomic E-state index is 0.311. The molecule has 31 heavy (non-hydrogen) atoms. The molecule has 2 rings (SSSR count). The summed E-state index contributed by atoms with van der Waals surface area (Å²) in [5.74, 6) is -0.669. The lowest BCUT2D eigenvalue weighted by atomic mass is 9.77. The van der Waals surface area contributed by atoms with Crippen molar-refractivity contribution >= 4 is 0 Å². The van der Waals surface area contributed by atoms with E-state index in [-0.39, 0.29) is 0 Å². The SMILES string of the molecule is CCCCCC(/C=C/N1CCCC1C1CCC(C(F)(F)F)CC1)NCNC(C)CCC. The van der Waals surface area contributed by atoms with Crippen molar-refractivity contribution in [1.82, 2.24) is 15.5 Å². The third-order valence-corrected chi connectivity index (χ3v) is 7.29. The maximum atomic E-state index is 13.0. The molecule has 2 N–H and O–H groups in total. The molecule has 3 unspecified atom stereocenters. The highest BCUT2D eigenvalue weighted by molar-refractivity contribution is 4.99. The van der Waals surface area contributed by atoms with Crippen molar-refractivity contribution in [3.8, 4) is 0 Å². The number of nitrogens with zero attached hydrogens (tertiary/aromatic N) is 1. The highest BCUT2D eigenvalue weighted by Crippen LogP contribution is 2.42.